The number of hydrogen-bond acceptors (Lipinski definition) is 7. The molecule has 136 valence electrons. The molecule has 4 rings (SSSR count). The Morgan fingerprint density at radius 3 is 2.77 bits per heavy atom. The highest BCUT2D eigenvalue weighted by Crippen LogP contribution is 2.37. The first-order chi connectivity index (χ1) is 12.6. The van der Waals surface area contributed by atoms with Crippen LogP contribution in [0.4, 0.5) is 8.78 Å². The molecule has 2 fully saturated rings. The monoisotopic (exact) mass is 379 g/mol. The Balaban J connectivity index is 1.64. The minimum absolute atomic E-state index is 0.184. The number of halogens is 2. The topological polar surface area (TPSA) is 76.8 Å². The van der Waals surface area contributed by atoms with Crippen molar-refractivity contribution in [2.45, 2.75) is 35.6 Å². The number of alkyl halides is 2. The lowest BCUT2D eigenvalue weighted by atomic mass is 10.1. The second-order valence-electron chi connectivity index (χ2n) is 5.92. The maximum absolute atomic E-state index is 13.3. The van der Waals surface area contributed by atoms with Crippen molar-refractivity contribution in [3.05, 3.63) is 42.1 Å². The molecule has 26 heavy (non-hydrogen) atoms. The number of nitrogens with zero attached hydrogens (tertiary/aromatic N) is 3. The summed E-state index contributed by atoms with van der Waals surface area (Å²) in [5.41, 5.74) is 1.23. The van der Waals surface area contributed by atoms with E-state index in [0.29, 0.717) is 24.4 Å². The third kappa shape index (κ3) is 3.42. The summed E-state index contributed by atoms with van der Waals surface area (Å²) >= 11 is 1.23. The molecule has 0 aliphatic carbocycles. The predicted molar refractivity (Wildman–Crippen MR) is 90.5 cm³/mol. The molecule has 9 heteroatoms. The summed E-state index contributed by atoms with van der Waals surface area (Å²) in [7, 11) is 0. The zero-order valence-electron chi connectivity index (χ0n) is 13.5. The van der Waals surface area contributed by atoms with Crippen molar-refractivity contribution in [3.8, 4) is 11.3 Å². The largest absolute Gasteiger partial charge is 0.411 e. The number of benzene rings is 1. The number of rotatable bonds is 4. The van der Waals surface area contributed by atoms with E-state index in [1.807, 2.05) is 30.3 Å². The van der Waals surface area contributed by atoms with Crippen LogP contribution in [-0.2, 0) is 9.47 Å². The molecule has 0 radical (unpaired) electrons. The highest BCUT2D eigenvalue weighted by molar-refractivity contribution is 7.99. The molecule has 1 N–H and O–H groups in total. The minimum Gasteiger partial charge on any atom is -0.411 e. The van der Waals surface area contributed by atoms with E-state index < -0.39 is 12.7 Å². The van der Waals surface area contributed by atoms with Gasteiger partial charge in [-0.3, -0.25) is 0 Å². The smallest absolute Gasteiger partial charge is 0.280 e. The molecule has 1 aromatic carbocycles. The molecule has 6 nitrogen and oxygen atoms in total. The van der Waals surface area contributed by atoms with E-state index in [0.717, 1.165) is 5.56 Å². The van der Waals surface area contributed by atoms with Crippen LogP contribution < -0.4 is 0 Å². The molecule has 1 aromatic heterocycles. The molecule has 2 aliphatic heterocycles. The maximum Gasteiger partial charge on any atom is 0.280 e. The van der Waals surface area contributed by atoms with Gasteiger partial charge in [-0.15, -0.1) is 0 Å². The summed E-state index contributed by atoms with van der Waals surface area (Å²) in [5, 5.41) is 12.4. The Hall–Kier alpha value is -2.10. The molecule has 3 heterocycles. The lowest BCUT2D eigenvalue weighted by molar-refractivity contribution is -0.0169. The number of thioether (sulfide) groups is 1. The van der Waals surface area contributed by atoms with E-state index >= 15 is 0 Å². The van der Waals surface area contributed by atoms with Crippen molar-refractivity contribution in [2.75, 3.05) is 6.61 Å². The fraction of sp³-hybridized carbons (Fsp3) is 0.353. The average molecular weight is 379 g/mol. The third-order valence-corrected chi connectivity index (χ3v) is 5.38. The second-order valence-corrected chi connectivity index (χ2v) is 7.13. The molecule has 0 amide bonds. The zero-order valence-corrected chi connectivity index (χ0v) is 14.3. The lowest BCUT2D eigenvalue weighted by Crippen LogP contribution is -2.37. The Labute approximate surface area is 152 Å². The normalized spacial score (nSPS) is 26.6. The van der Waals surface area contributed by atoms with Gasteiger partial charge in [-0.25, -0.2) is 18.7 Å². The third-order valence-electron chi connectivity index (χ3n) is 4.21. The van der Waals surface area contributed by atoms with Crippen LogP contribution in [-0.4, -0.2) is 45.1 Å². The Morgan fingerprint density at radius 2 is 2.04 bits per heavy atom. The van der Waals surface area contributed by atoms with Crippen molar-refractivity contribution < 1.29 is 23.5 Å². The van der Waals surface area contributed by atoms with E-state index in [-0.39, 0.29) is 22.2 Å². The van der Waals surface area contributed by atoms with Gasteiger partial charge < -0.3 is 14.7 Å². The van der Waals surface area contributed by atoms with Gasteiger partial charge in [0.15, 0.2) is 5.16 Å². The van der Waals surface area contributed by atoms with Crippen LogP contribution in [0.25, 0.3) is 11.3 Å². The van der Waals surface area contributed by atoms with Crippen LogP contribution in [0.3, 0.4) is 0 Å². The Bertz CT molecular complexity index is 822. The number of oxime groups is 1. The van der Waals surface area contributed by atoms with Gasteiger partial charge >= 0.3 is 0 Å². The molecule has 0 unspecified atom stereocenters. The maximum atomic E-state index is 13.3. The second kappa shape index (κ2) is 7.26. The van der Waals surface area contributed by atoms with Gasteiger partial charge in [-0.05, 0) is 6.07 Å². The molecule has 0 saturated carbocycles. The van der Waals surface area contributed by atoms with Crippen molar-refractivity contribution in [3.63, 3.8) is 0 Å². The summed E-state index contributed by atoms with van der Waals surface area (Å²) in [5.74, 6) is 0. The van der Waals surface area contributed by atoms with Crippen LogP contribution in [0.2, 0.25) is 0 Å². The van der Waals surface area contributed by atoms with Crippen LogP contribution in [0.15, 0.2) is 46.7 Å². The first-order valence-electron chi connectivity index (χ1n) is 8.01. The molecule has 2 saturated heterocycles. The highest BCUT2D eigenvalue weighted by Gasteiger charge is 2.43. The van der Waals surface area contributed by atoms with Gasteiger partial charge in [0.25, 0.3) is 6.43 Å². The summed E-state index contributed by atoms with van der Waals surface area (Å²) in [6.45, 7) is 0.349. The van der Waals surface area contributed by atoms with E-state index in [9.17, 15) is 8.78 Å². The van der Waals surface area contributed by atoms with Gasteiger partial charge in [0.05, 0.1) is 18.4 Å². The van der Waals surface area contributed by atoms with E-state index in [2.05, 4.69) is 15.1 Å². The summed E-state index contributed by atoms with van der Waals surface area (Å²) in [6, 6.07) is 10.4. The standard InChI is InChI=1S/C17H15F2N3O3S/c18-15(19)11-6-10(9-4-2-1-3-5-9)20-17(21-11)26-14-7-12(22-23)16-24-8-13(14)25-16/h1-6,13-16,23H,7-8H2/b22-12-/t13-,14-,16+/m1/s1. The van der Waals surface area contributed by atoms with E-state index in [1.54, 1.807) is 0 Å². The molecular weight excluding hydrogens is 364 g/mol. The quantitative estimate of drug-likeness (QED) is 0.498. The van der Waals surface area contributed by atoms with Gasteiger partial charge in [-0.1, -0.05) is 47.2 Å². The van der Waals surface area contributed by atoms with Gasteiger partial charge in [0.1, 0.15) is 11.4 Å². The molecule has 2 bridgehead atoms. The van der Waals surface area contributed by atoms with Gasteiger partial charge in [0.2, 0.25) is 6.29 Å². The average Bonchev–Trinajstić information content (AvgIpc) is 3.09. The van der Waals surface area contributed by atoms with E-state index in [1.165, 1.54) is 17.8 Å². The van der Waals surface area contributed by atoms with Gasteiger partial charge in [-0.2, -0.15) is 0 Å². The van der Waals surface area contributed by atoms with Crippen molar-refractivity contribution >= 4 is 17.5 Å². The molecular formula is C17H15F2N3O3S. The SMILES string of the molecule is O/N=C1/C[C@@H](Sc2nc(-c3ccccc3)cc(C(F)F)n2)[C@H]2CO[C@H]1O2. The molecule has 2 aliphatic rings. The summed E-state index contributed by atoms with van der Waals surface area (Å²) in [6.07, 6.45) is -3.14. The van der Waals surface area contributed by atoms with Crippen molar-refractivity contribution in [1.82, 2.24) is 9.97 Å². The van der Waals surface area contributed by atoms with Crippen molar-refractivity contribution in [2.24, 2.45) is 5.16 Å². The summed E-state index contributed by atoms with van der Waals surface area (Å²) in [4.78, 5) is 8.42. The number of ether oxygens (including phenoxy) is 2. The number of hydrogen-bond donors (Lipinski definition) is 1. The molecule has 2 aromatic rings. The van der Waals surface area contributed by atoms with E-state index in [4.69, 9.17) is 14.7 Å². The molecule has 3 atom stereocenters. The zero-order chi connectivity index (χ0) is 18.1. The molecule has 0 spiro atoms. The van der Waals surface area contributed by atoms with Crippen LogP contribution in [0, 0.1) is 0 Å². The first kappa shape index (κ1) is 17.3. The highest BCUT2D eigenvalue weighted by atomic mass is 32.2. The predicted octanol–water partition coefficient (Wildman–Crippen LogP) is 3.52. The first-order valence-corrected chi connectivity index (χ1v) is 8.89. The Kier molecular flexibility index (Phi) is 4.84. The number of aromatic nitrogens is 2. The lowest BCUT2D eigenvalue weighted by Gasteiger charge is -2.26. The van der Waals surface area contributed by atoms with Crippen molar-refractivity contribution in [1.29, 1.82) is 0 Å². The fourth-order valence-electron chi connectivity index (χ4n) is 2.93. The van der Waals surface area contributed by atoms with Crippen LogP contribution in [0.5, 0.6) is 0 Å². The fourth-order valence-corrected chi connectivity index (χ4v) is 4.06. The number of fused-ring (bicyclic) bond motifs is 2. The summed E-state index contributed by atoms with van der Waals surface area (Å²) < 4.78 is 37.6. The van der Waals surface area contributed by atoms with Crippen LogP contribution in [0.1, 0.15) is 18.5 Å². The Morgan fingerprint density at radius 1 is 1.23 bits per heavy atom. The van der Waals surface area contributed by atoms with Gasteiger partial charge in [0, 0.05) is 17.2 Å². The van der Waals surface area contributed by atoms with Crippen LogP contribution >= 0.6 is 11.8 Å². The minimum atomic E-state index is -2.70.